The Morgan fingerprint density at radius 2 is 0.778 bits per heavy atom. The number of carbonyl (C=O) groups is 2. The molecule has 9 aromatic rings. The number of pyridine rings is 3. The van der Waals surface area contributed by atoms with Gasteiger partial charge in [-0.15, -0.1) is 0 Å². The van der Waals surface area contributed by atoms with Crippen LogP contribution in [-0.2, 0) is 9.47 Å². The highest BCUT2D eigenvalue weighted by Crippen LogP contribution is 2.35. The summed E-state index contributed by atoms with van der Waals surface area (Å²) in [4.78, 5) is 78.5. The zero-order valence-electron chi connectivity index (χ0n) is 57.9. The van der Waals surface area contributed by atoms with E-state index in [2.05, 4.69) is 20.3 Å². The first-order chi connectivity index (χ1) is 47.3. The molecule has 12 rings (SSSR count). The third-order valence-electron chi connectivity index (χ3n) is 16.0. The van der Waals surface area contributed by atoms with Crippen LogP contribution < -0.4 is 59.9 Å². The lowest BCUT2D eigenvalue weighted by Crippen LogP contribution is -2.44. The molecule has 2 amide bonds. The van der Waals surface area contributed by atoms with Crippen molar-refractivity contribution >= 4 is 29.1 Å². The van der Waals surface area contributed by atoms with Crippen molar-refractivity contribution in [2.24, 2.45) is 0 Å². The Morgan fingerprint density at radius 1 is 0.444 bits per heavy atom. The molecule has 3 aromatic carbocycles. The minimum absolute atomic E-state index is 0.0548. The zero-order chi connectivity index (χ0) is 71.1. The number of halogens is 1. The second kappa shape index (κ2) is 32.7. The molecule has 25 nitrogen and oxygen atoms in total. The molecule has 526 valence electrons. The van der Waals surface area contributed by atoms with Crippen LogP contribution in [0, 0.1) is 5.82 Å². The van der Waals surface area contributed by atoms with E-state index in [0.29, 0.717) is 137 Å². The summed E-state index contributed by atoms with van der Waals surface area (Å²) in [6, 6.07) is 30.4. The largest absolute Gasteiger partial charge is 0.493 e. The van der Waals surface area contributed by atoms with Crippen LogP contribution >= 0.6 is 0 Å². The van der Waals surface area contributed by atoms with Gasteiger partial charge in [-0.2, -0.15) is 0 Å². The number of hydrogen-bond donors (Lipinski definition) is 2. The average molecular weight is 1360 g/mol. The topological polar surface area (TPSA) is 268 Å². The molecule has 2 N–H and O–H groups in total. The van der Waals surface area contributed by atoms with Gasteiger partial charge >= 0.3 is 12.2 Å². The third-order valence-corrected chi connectivity index (χ3v) is 16.0. The Hall–Kier alpha value is -10.5. The van der Waals surface area contributed by atoms with Crippen LogP contribution in [0.1, 0.15) is 80.1 Å². The fraction of sp³-hybridized carbons (Fsp3) is 0.397. The van der Waals surface area contributed by atoms with Gasteiger partial charge in [0, 0.05) is 80.1 Å². The van der Waals surface area contributed by atoms with E-state index in [0.717, 1.165) is 43.3 Å². The first kappa shape index (κ1) is 72.8. The molecule has 3 aliphatic rings. The van der Waals surface area contributed by atoms with Crippen molar-refractivity contribution in [1.29, 1.82) is 0 Å². The lowest BCUT2D eigenvalue weighted by molar-refractivity contribution is 0.00958. The van der Waals surface area contributed by atoms with Gasteiger partial charge in [0.1, 0.15) is 57.7 Å². The maximum atomic E-state index is 13.2. The van der Waals surface area contributed by atoms with E-state index in [9.17, 15) is 33.5 Å². The molecule has 9 heterocycles. The summed E-state index contributed by atoms with van der Waals surface area (Å²) >= 11 is 0. The zero-order valence-corrected chi connectivity index (χ0v) is 57.9. The van der Waals surface area contributed by atoms with Crippen molar-refractivity contribution in [2.45, 2.75) is 110 Å². The first-order valence-electron chi connectivity index (χ1n) is 32.5. The molecular weight excluding hydrogens is 1280 g/mol. The fourth-order valence-corrected chi connectivity index (χ4v) is 11.0. The van der Waals surface area contributed by atoms with Crippen molar-refractivity contribution in [3.05, 3.63) is 165 Å². The summed E-state index contributed by atoms with van der Waals surface area (Å²) in [5.41, 5.74) is 3.61. The van der Waals surface area contributed by atoms with Crippen LogP contribution in [0.4, 0.5) is 14.0 Å². The minimum atomic E-state index is -0.518. The molecule has 6 aromatic heterocycles. The smallest absolute Gasteiger partial charge is 0.410 e. The molecule has 0 spiro atoms. The molecule has 0 radical (unpaired) electrons. The summed E-state index contributed by atoms with van der Waals surface area (Å²) < 4.78 is 71.9. The van der Waals surface area contributed by atoms with Gasteiger partial charge in [0.25, 0.3) is 16.7 Å². The molecule has 3 aliphatic heterocycles. The number of likely N-dealkylation sites (tertiary alicyclic amines) is 2. The number of piperidine rings is 3. The van der Waals surface area contributed by atoms with Gasteiger partial charge in [-0.1, -0.05) is 0 Å². The Bertz CT molecular complexity index is 4470. The summed E-state index contributed by atoms with van der Waals surface area (Å²) in [6.07, 6.45) is 8.37. The second-order valence-corrected chi connectivity index (χ2v) is 25.5. The van der Waals surface area contributed by atoms with Gasteiger partial charge in [0.05, 0.1) is 78.2 Å². The molecule has 0 aliphatic carbocycles. The van der Waals surface area contributed by atoms with Gasteiger partial charge in [-0.25, -0.2) is 28.9 Å². The molecule has 0 atom stereocenters. The van der Waals surface area contributed by atoms with E-state index >= 15 is 0 Å². The number of carbonyl (C=O) groups excluding carboxylic acids is 2. The van der Waals surface area contributed by atoms with Crippen LogP contribution in [0.2, 0.25) is 0 Å². The van der Waals surface area contributed by atoms with Crippen LogP contribution in [0.5, 0.6) is 46.0 Å². The lowest BCUT2D eigenvalue weighted by atomic mass is 10.1. The standard InChI is InChI=1S/C26H31N3O6.C21H23N3O4.C16H13FN2O3.C10H19NO3/c1-26(2,3)35-25(31)28-12-10-18(11-13-28)34-19-7-9-23-27-20(15-24(30)29(23)16-19)17-6-8-21(32-4)22(14-17)33-5;1-26-18-5-3-14(11-19(18)27-2)17-12-21(25)24-13-16(4-6-20(24)23-17)28-15-7-9-22-10-8-15;1-21-13-5-3-10(7-14(13)22-2)12-8-16(20)19-9-11(17)4-6-15(19)18-12;1-10(2,3)14-9(13)11-6-4-8(12)5-7-11/h6-9,14-16,18H,10-13H2,1-5H3;3-6,11-13,15,22H,7-10H2,1-2H3;3-9H,1-2H3;8,12H,4-7H2,1-3H3. The highest BCUT2D eigenvalue weighted by molar-refractivity contribution is 5.70. The number of aliphatic hydroxyl groups excluding tert-OH is 1. The number of aromatic nitrogens is 6. The maximum Gasteiger partial charge on any atom is 0.410 e. The summed E-state index contributed by atoms with van der Waals surface area (Å²) in [5, 5.41) is 12.6. The molecule has 3 saturated heterocycles. The molecule has 99 heavy (non-hydrogen) atoms. The molecular formula is C73H86FN9O16. The van der Waals surface area contributed by atoms with E-state index in [4.69, 9.17) is 47.4 Å². The van der Waals surface area contributed by atoms with Crippen molar-refractivity contribution in [3.8, 4) is 79.8 Å². The average Bonchev–Trinajstić information content (AvgIpc) is 0.817. The van der Waals surface area contributed by atoms with E-state index in [1.54, 1.807) is 106 Å². The lowest BCUT2D eigenvalue weighted by Gasteiger charge is -2.33. The van der Waals surface area contributed by atoms with Crippen LogP contribution in [0.15, 0.2) is 142 Å². The van der Waals surface area contributed by atoms with Crippen molar-refractivity contribution in [3.63, 3.8) is 0 Å². The quantitative estimate of drug-likeness (QED) is 0.109. The van der Waals surface area contributed by atoms with E-state index < -0.39 is 17.0 Å². The summed E-state index contributed by atoms with van der Waals surface area (Å²) in [6.45, 7) is 15.3. The van der Waals surface area contributed by atoms with Crippen molar-refractivity contribution in [1.82, 2.24) is 43.3 Å². The first-order valence-corrected chi connectivity index (χ1v) is 32.5. The van der Waals surface area contributed by atoms with E-state index in [1.165, 1.54) is 50.6 Å². The van der Waals surface area contributed by atoms with Gasteiger partial charge in [-0.3, -0.25) is 27.6 Å². The van der Waals surface area contributed by atoms with E-state index in [-0.39, 0.29) is 47.2 Å². The third kappa shape index (κ3) is 19.4. The number of nitrogens with one attached hydrogen (secondary N) is 1. The molecule has 3 fully saturated rings. The number of nitrogens with zero attached hydrogens (tertiary/aromatic N) is 8. The van der Waals surface area contributed by atoms with Gasteiger partial charge in [0.15, 0.2) is 34.5 Å². The van der Waals surface area contributed by atoms with Gasteiger partial charge in [0.2, 0.25) is 0 Å². The predicted molar refractivity (Wildman–Crippen MR) is 371 cm³/mol. The fourth-order valence-electron chi connectivity index (χ4n) is 11.0. The van der Waals surface area contributed by atoms with Crippen LogP contribution in [0.3, 0.4) is 0 Å². The number of hydrogen-bond acceptors (Lipinski definition) is 20. The SMILES string of the molecule is CC(C)(C)OC(=O)N1CCC(O)CC1.COc1ccc(-c2cc(=O)n3cc(F)ccc3n2)cc1OC.COc1ccc(-c2cc(=O)n3cc(OC4CCN(C(=O)OC(C)(C)C)CC4)ccc3n2)cc1OC.COc1ccc(-c2cc(=O)n3cc(OC4CCNCC4)ccc3n2)cc1OC. The Kier molecular flexibility index (Phi) is 24.1. The molecule has 0 bridgehead atoms. The monoisotopic (exact) mass is 1360 g/mol. The highest BCUT2D eigenvalue weighted by atomic mass is 19.1. The number of amides is 2. The number of aliphatic hydroxyl groups is 1. The maximum absolute atomic E-state index is 13.2. The summed E-state index contributed by atoms with van der Waals surface area (Å²) in [7, 11) is 9.38. The van der Waals surface area contributed by atoms with Crippen LogP contribution in [-0.4, -0.2) is 167 Å². The Labute approximate surface area is 572 Å². The normalized spacial score (nSPS) is 14.5. The number of ether oxygens (including phenoxy) is 10. The highest BCUT2D eigenvalue weighted by Gasteiger charge is 2.29. The van der Waals surface area contributed by atoms with Crippen molar-refractivity contribution < 1.29 is 66.5 Å². The predicted octanol–water partition coefficient (Wildman–Crippen LogP) is 10.6. The number of methoxy groups -OCH3 is 6. The van der Waals surface area contributed by atoms with Crippen molar-refractivity contribution in [2.75, 3.05) is 81.9 Å². The number of rotatable bonds is 13. The minimum Gasteiger partial charge on any atom is -0.493 e. The van der Waals surface area contributed by atoms with Gasteiger partial charge < -0.3 is 67.6 Å². The Balaban J connectivity index is 0.000000161. The molecule has 26 heteroatoms. The second-order valence-electron chi connectivity index (χ2n) is 25.5. The number of benzene rings is 3. The Morgan fingerprint density at radius 3 is 1.13 bits per heavy atom. The van der Waals surface area contributed by atoms with Crippen LogP contribution in [0.25, 0.3) is 50.7 Å². The number of fused-ring (bicyclic) bond motifs is 3. The van der Waals surface area contributed by atoms with E-state index in [1.807, 2.05) is 71.9 Å². The molecule has 0 saturated carbocycles. The molecule has 0 unspecified atom stereocenters. The van der Waals surface area contributed by atoms with Gasteiger partial charge in [-0.05, 0) is 171 Å². The summed E-state index contributed by atoms with van der Waals surface area (Å²) in [5.74, 6) is 4.29.